The van der Waals surface area contributed by atoms with Crippen molar-refractivity contribution in [3.63, 3.8) is 0 Å². The molecule has 0 atom stereocenters. The number of pyridine rings is 1. The van der Waals surface area contributed by atoms with Crippen molar-refractivity contribution in [2.75, 3.05) is 76.5 Å². The van der Waals surface area contributed by atoms with Crippen molar-refractivity contribution in [1.82, 2.24) is 24.8 Å². The summed E-state index contributed by atoms with van der Waals surface area (Å²) in [6.07, 6.45) is 5.56. The van der Waals surface area contributed by atoms with Crippen LogP contribution in [0, 0.1) is 6.92 Å². The Morgan fingerprint density at radius 2 is 1.61 bits per heavy atom. The number of amides is 2. The fourth-order valence-corrected chi connectivity index (χ4v) is 5.33. The minimum Gasteiger partial charge on any atom is -0.379 e. The standard InChI is InChI=1S/C37H45N7O5/c1-3-47-21-22-49-24-23-48-20-13-35(45)44-18-16-43(17-19-44)27-29-7-9-30(10-8-29)36(46)40-32-11-6-28(2)34(25-32)42-37-39-15-12-33(41-37)31-5-4-14-38-26-31/h4-12,14-15,25-26H,3,13,16-24,27H2,1-2H3,(H,40,46)(H,39,41,42). The second-order valence-corrected chi connectivity index (χ2v) is 11.6. The molecule has 2 amide bonds. The molecule has 0 radical (unpaired) electrons. The molecule has 12 nitrogen and oxygen atoms in total. The van der Waals surface area contributed by atoms with Gasteiger partial charge in [-0.05, 0) is 67.4 Å². The predicted octanol–water partition coefficient (Wildman–Crippen LogP) is 4.95. The van der Waals surface area contributed by atoms with Crippen molar-refractivity contribution in [2.45, 2.75) is 26.8 Å². The van der Waals surface area contributed by atoms with Crippen LogP contribution in [0.1, 0.15) is 34.8 Å². The van der Waals surface area contributed by atoms with Gasteiger partial charge in [0, 0.05) is 80.4 Å². The van der Waals surface area contributed by atoms with Crippen LogP contribution < -0.4 is 10.6 Å². The van der Waals surface area contributed by atoms with E-state index in [1.54, 1.807) is 18.6 Å². The van der Waals surface area contributed by atoms with Gasteiger partial charge in [-0.1, -0.05) is 18.2 Å². The van der Waals surface area contributed by atoms with Gasteiger partial charge < -0.3 is 29.7 Å². The summed E-state index contributed by atoms with van der Waals surface area (Å²) in [5.74, 6) is 0.376. The van der Waals surface area contributed by atoms with Gasteiger partial charge in [0.15, 0.2) is 0 Å². The van der Waals surface area contributed by atoms with E-state index in [0.717, 1.165) is 47.7 Å². The molecule has 2 aromatic heterocycles. The third kappa shape index (κ3) is 11.1. The molecule has 0 unspecified atom stereocenters. The Labute approximate surface area is 287 Å². The van der Waals surface area contributed by atoms with E-state index in [2.05, 4.69) is 30.5 Å². The van der Waals surface area contributed by atoms with E-state index in [4.69, 9.17) is 14.2 Å². The Morgan fingerprint density at radius 3 is 2.35 bits per heavy atom. The van der Waals surface area contributed by atoms with Crippen LogP contribution in [0.25, 0.3) is 11.3 Å². The van der Waals surface area contributed by atoms with Gasteiger partial charge in [0.1, 0.15) is 0 Å². The number of anilines is 3. The molecule has 3 heterocycles. The highest BCUT2D eigenvalue weighted by Crippen LogP contribution is 2.25. The van der Waals surface area contributed by atoms with Gasteiger partial charge in [-0.25, -0.2) is 9.97 Å². The zero-order valence-electron chi connectivity index (χ0n) is 28.3. The predicted molar refractivity (Wildman–Crippen MR) is 189 cm³/mol. The zero-order chi connectivity index (χ0) is 34.3. The molecule has 0 spiro atoms. The molecule has 0 bridgehead atoms. The number of nitrogens with one attached hydrogen (secondary N) is 2. The highest BCUT2D eigenvalue weighted by Gasteiger charge is 2.21. The Hall–Kier alpha value is -4.75. The average Bonchev–Trinajstić information content (AvgIpc) is 3.13. The first kappa shape index (κ1) is 35.6. The summed E-state index contributed by atoms with van der Waals surface area (Å²) in [5, 5.41) is 6.28. The van der Waals surface area contributed by atoms with Crippen LogP contribution in [0.4, 0.5) is 17.3 Å². The highest BCUT2D eigenvalue weighted by molar-refractivity contribution is 6.04. The van der Waals surface area contributed by atoms with Gasteiger partial charge >= 0.3 is 0 Å². The SMILES string of the molecule is CCOCCOCCOCCC(=O)N1CCN(Cc2ccc(C(=O)Nc3ccc(C)c(Nc4nccc(-c5cccnc5)n4)c3)cc2)CC1. The molecule has 2 N–H and O–H groups in total. The smallest absolute Gasteiger partial charge is 0.255 e. The van der Waals surface area contributed by atoms with Gasteiger partial charge in [0.2, 0.25) is 11.9 Å². The van der Waals surface area contributed by atoms with Crippen LogP contribution in [0.15, 0.2) is 79.3 Å². The van der Waals surface area contributed by atoms with E-state index >= 15 is 0 Å². The maximum absolute atomic E-state index is 13.1. The number of hydrogen-bond acceptors (Lipinski definition) is 10. The Balaban J connectivity index is 1.04. The summed E-state index contributed by atoms with van der Waals surface area (Å²) < 4.78 is 16.2. The number of rotatable bonds is 17. The van der Waals surface area contributed by atoms with Crippen LogP contribution in [-0.2, 0) is 25.5 Å². The Morgan fingerprint density at radius 1 is 0.857 bits per heavy atom. The number of aromatic nitrogens is 3. The van der Waals surface area contributed by atoms with Crippen molar-refractivity contribution in [1.29, 1.82) is 0 Å². The fourth-order valence-electron chi connectivity index (χ4n) is 5.33. The van der Waals surface area contributed by atoms with E-state index in [1.807, 2.05) is 79.4 Å². The molecule has 1 aliphatic rings. The molecular weight excluding hydrogens is 622 g/mol. The van der Waals surface area contributed by atoms with E-state index in [0.29, 0.717) is 76.4 Å². The largest absolute Gasteiger partial charge is 0.379 e. The van der Waals surface area contributed by atoms with E-state index in [-0.39, 0.29) is 11.8 Å². The second kappa shape index (κ2) is 18.7. The minimum absolute atomic E-state index is 0.118. The first-order valence-electron chi connectivity index (χ1n) is 16.7. The molecular formula is C37H45N7O5. The lowest BCUT2D eigenvalue weighted by Crippen LogP contribution is -2.48. The Kier molecular flexibility index (Phi) is 13.6. The lowest BCUT2D eigenvalue weighted by molar-refractivity contribution is -0.134. The van der Waals surface area contributed by atoms with Gasteiger partial charge in [-0.3, -0.25) is 19.5 Å². The van der Waals surface area contributed by atoms with Gasteiger partial charge in [-0.15, -0.1) is 0 Å². The van der Waals surface area contributed by atoms with Crippen molar-refractivity contribution < 1.29 is 23.8 Å². The van der Waals surface area contributed by atoms with Crippen LogP contribution in [0.3, 0.4) is 0 Å². The molecule has 1 aliphatic heterocycles. The first-order chi connectivity index (χ1) is 24.0. The quantitative estimate of drug-likeness (QED) is 0.149. The maximum Gasteiger partial charge on any atom is 0.255 e. The van der Waals surface area contributed by atoms with Crippen molar-refractivity contribution in [3.8, 4) is 11.3 Å². The number of carbonyl (C=O) groups is 2. The summed E-state index contributed by atoms with van der Waals surface area (Å²) in [6.45, 7) is 10.8. The molecule has 2 aromatic carbocycles. The summed E-state index contributed by atoms with van der Waals surface area (Å²) in [5.41, 5.74) is 5.79. The van der Waals surface area contributed by atoms with Crippen molar-refractivity contribution in [2.24, 2.45) is 0 Å². The third-order valence-corrected chi connectivity index (χ3v) is 8.11. The molecule has 4 aromatic rings. The minimum atomic E-state index is -0.193. The molecule has 12 heteroatoms. The number of ether oxygens (including phenoxy) is 3. The van der Waals surface area contributed by atoms with Gasteiger partial charge in [-0.2, -0.15) is 0 Å². The number of aryl methyl sites for hydroxylation is 1. The second-order valence-electron chi connectivity index (χ2n) is 11.6. The lowest BCUT2D eigenvalue weighted by atomic mass is 10.1. The zero-order valence-corrected chi connectivity index (χ0v) is 28.3. The summed E-state index contributed by atoms with van der Waals surface area (Å²) in [7, 11) is 0. The van der Waals surface area contributed by atoms with Crippen LogP contribution in [-0.4, -0.2) is 102 Å². The number of hydrogen-bond donors (Lipinski definition) is 2. The molecule has 49 heavy (non-hydrogen) atoms. The maximum atomic E-state index is 13.1. The molecule has 1 fully saturated rings. The highest BCUT2D eigenvalue weighted by atomic mass is 16.5. The summed E-state index contributed by atoms with van der Waals surface area (Å²) in [4.78, 5) is 43.1. The van der Waals surface area contributed by atoms with Crippen molar-refractivity contribution in [3.05, 3.63) is 95.9 Å². The third-order valence-electron chi connectivity index (χ3n) is 8.11. The van der Waals surface area contributed by atoms with Crippen LogP contribution in [0.2, 0.25) is 0 Å². The van der Waals surface area contributed by atoms with Crippen molar-refractivity contribution >= 4 is 29.1 Å². The normalized spacial score (nSPS) is 13.3. The van der Waals surface area contributed by atoms with E-state index in [9.17, 15) is 9.59 Å². The Bertz CT molecular complexity index is 1630. The first-order valence-corrected chi connectivity index (χ1v) is 16.7. The van der Waals surface area contributed by atoms with E-state index in [1.165, 1.54) is 0 Å². The molecule has 258 valence electrons. The van der Waals surface area contributed by atoms with E-state index < -0.39 is 0 Å². The monoisotopic (exact) mass is 667 g/mol. The number of carbonyl (C=O) groups excluding carboxylic acids is 2. The van der Waals surface area contributed by atoms with Gasteiger partial charge in [0.05, 0.1) is 45.1 Å². The summed E-state index contributed by atoms with van der Waals surface area (Å²) >= 11 is 0. The summed E-state index contributed by atoms with van der Waals surface area (Å²) in [6, 6.07) is 19.0. The number of nitrogens with zero attached hydrogens (tertiary/aromatic N) is 5. The average molecular weight is 668 g/mol. The molecule has 0 aliphatic carbocycles. The molecule has 0 saturated carbocycles. The van der Waals surface area contributed by atoms with Crippen LogP contribution in [0.5, 0.6) is 0 Å². The number of piperazine rings is 1. The topological polar surface area (TPSA) is 131 Å². The lowest BCUT2D eigenvalue weighted by Gasteiger charge is -2.34. The fraction of sp³-hybridized carbons (Fsp3) is 0.378. The molecule has 5 rings (SSSR count). The van der Waals surface area contributed by atoms with Crippen LogP contribution >= 0.6 is 0 Å². The van der Waals surface area contributed by atoms with Gasteiger partial charge in [0.25, 0.3) is 5.91 Å². The molecule has 1 saturated heterocycles. The number of benzene rings is 2.